The minimum Gasteiger partial charge on any atom is -0.495 e. The fraction of sp³-hybridized carbons (Fsp3) is 0.286. The number of ether oxygens (including phenoxy) is 1. The number of hydrogen-bond acceptors (Lipinski definition) is 3. The average molecular weight is 259 g/mol. The maximum absolute atomic E-state index is 12.2. The van der Waals surface area contributed by atoms with Crippen molar-refractivity contribution in [3.8, 4) is 5.75 Å². The van der Waals surface area contributed by atoms with Crippen LogP contribution in [0.2, 0.25) is 0 Å². The molecule has 0 spiro atoms. The van der Waals surface area contributed by atoms with Crippen molar-refractivity contribution < 1.29 is 9.53 Å². The summed E-state index contributed by atoms with van der Waals surface area (Å²) in [5.74, 6) is 0.449. The van der Waals surface area contributed by atoms with Crippen molar-refractivity contribution >= 4 is 11.6 Å². The highest BCUT2D eigenvalue weighted by molar-refractivity contribution is 6.03. The van der Waals surface area contributed by atoms with Crippen LogP contribution in [-0.4, -0.2) is 22.8 Å². The number of hydrogen-bond donors (Lipinski definition) is 1. The third-order valence-corrected chi connectivity index (χ3v) is 2.85. The Kier molecular flexibility index (Phi) is 3.85. The number of anilines is 1. The smallest absolute Gasteiger partial charge is 0.274 e. The standard InChI is InChI=1S/C14H17N3O2/c1-4-17-12(7-8-15-17)14(18)16-11-9-10(2)5-6-13(11)19-3/h5-9H,4H2,1-3H3,(H,16,18). The quantitative estimate of drug-likeness (QED) is 0.917. The molecule has 0 fully saturated rings. The van der Waals surface area contributed by atoms with Gasteiger partial charge in [0.25, 0.3) is 5.91 Å². The van der Waals surface area contributed by atoms with Crippen LogP contribution in [-0.2, 0) is 6.54 Å². The number of carbonyl (C=O) groups excluding carboxylic acids is 1. The van der Waals surface area contributed by atoms with Crippen LogP contribution in [0.3, 0.4) is 0 Å². The Morgan fingerprint density at radius 3 is 2.89 bits per heavy atom. The third-order valence-electron chi connectivity index (χ3n) is 2.85. The van der Waals surface area contributed by atoms with E-state index >= 15 is 0 Å². The zero-order chi connectivity index (χ0) is 13.8. The largest absolute Gasteiger partial charge is 0.495 e. The Morgan fingerprint density at radius 2 is 2.21 bits per heavy atom. The van der Waals surface area contributed by atoms with Gasteiger partial charge in [-0.3, -0.25) is 9.48 Å². The number of rotatable bonds is 4. The number of benzene rings is 1. The number of nitrogens with zero attached hydrogens (tertiary/aromatic N) is 2. The molecule has 2 rings (SSSR count). The predicted octanol–water partition coefficient (Wildman–Crippen LogP) is 2.47. The lowest BCUT2D eigenvalue weighted by Crippen LogP contribution is -2.17. The Bertz CT molecular complexity index is 590. The minimum atomic E-state index is -0.191. The van der Waals surface area contributed by atoms with E-state index in [4.69, 9.17) is 4.74 Å². The first-order chi connectivity index (χ1) is 9.15. The molecular weight excluding hydrogens is 242 g/mol. The second kappa shape index (κ2) is 5.56. The molecule has 2 aromatic rings. The minimum absolute atomic E-state index is 0.191. The first-order valence-corrected chi connectivity index (χ1v) is 6.13. The maximum Gasteiger partial charge on any atom is 0.274 e. The van der Waals surface area contributed by atoms with E-state index in [-0.39, 0.29) is 5.91 Å². The molecule has 0 aliphatic carbocycles. The monoisotopic (exact) mass is 259 g/mol. The van der Waals surface area contributed by atoms with Crippen LogP contribution in [0.1, 0.15) is 23.0 Å². The van der Waals surface area contributed by atoms with E-state index in [9.17, 15) is 4.79 Å². The molecule has 0 radical (unpaired) electrons. The Hall–Kier alpha value is -2.30. The normalized spacial score (nSPS) is 10.3. The van der Waals surface area contributed by atoms with Crippen LogP contribution in [0.4, 0.5) is 5.69 Å². The first kappa shape index (κ1) is 13.1. The summed E-state index contributed by atoms with van der Waals surface area (Å²) >= 11 is 0. The molecule has 0 unspecified atom stereocenters. The number of aryl methyl sites for hydroxylation is 2. The van der Waals surface area contributed by atoms with Gasteiger partial charge in [0.1, 0.15) is 11.4 Å². The molecule has 19 heavy (non-hydrogen) atoms. The van der Waals surface area contributed by atoms with Crippen LogP contribution in [0, 0.1) is 6.92 Å². The van der Waals surface area contributed by atoms with Gasteiger partial charge in [-0.1, -0.05) is 6.07 Å². The summed E-state index contributed by atoms with van der Waals surface area (Å²) < 4.78 is 6.89. The van der Waals surface area contributed by atoms with Gasteiger partial charge in [0, 0.05) is 12.7 Å². The van der Waals surface area contributed by atoms with Gasteiger partial charge in [0.05, 0.1) is 12.8 Å². The highest BCUT2D eigenvalue weighted by atomic mass is 16.5. The third kappa shape index (κ3) is 2.76. The van der Waals surface area contributed by atoms with Crippen LogP contribution < -0.4 is 10.1 Å². The van der Waals surface area contributed by atoms with Crippen LogP contribution in [0.5, 0.6) is 5.75 Å². The molecule has 1 aromatic carbocycles. The lowest BCUT2D eigenvalue weighted by molar-refractivity contribution is 0.101. The molecule has 5 heteroatoms. The van der Waals surface area contributed by atoms with E-state index in [1.807, 2.05) is 32.0 Å². The van der Waals surface area contributed by atoms with E-state index in [1.165, 1.54) is 0 Å². The zero-order valence-electron chi connectivity index (χ0n) is 11.3. The summed E-state index contributed by atoms with van der Waals surface area (Å²) in [6.45, 7) is 4.56. The van der Waals surface area contributed by atoms with Gasteiger partial charge in [-0.05, 0) is 37.6 Å². The van der Waals surface area contributed by atoms with Crippen LogP contribution in [0.15, 0.2) is 30.5 Å². The molecule has 1 heterocycles. The van der Waals surface area contributed by atoms with Gasteiger partial charge in [0.2, 0.25) is 0 Å². The summed E-state index contributed by atoms with van der Waals surface area (Å²) in [5, 5.41) is 6.94. The molecule has 1 N–H and O–H groups in total. The van der Waals surface area contributed by atoms with Gasteiger partial charge >= 0.3 is 0 Å². The topological polar surface area (TPSA) is 56.2 Å². The average Bonchev–Trinajstić information content (AvgIpc) is 2.87. The Balaban J connectivity index is 2.26. The van der Waals surface area contributed by atoms with E-state index < -0.39 is 0 Å². The summed E-state index contributed by atoms with van der Waals surface area (Å²) in [6, 6.07) is 7.34. The molecule has 0 aliphatic heterocycles. The predicted molar refractivity (Wildman–Crippen MR) is 73.6 cm³/mol. The maximum atomic E-state index is 12.2. The van der Waals surface area contributed by atoms with Crippen molar-refractivity contribution in [2.45, 2.75) is 20.4 Å². The Labute approximate surface area is 112 Å². The van der Waals surface area contributed by atoms with E-state index in [0.29, 0.717) is 23.7 Å². The van der Waals surface area contributed by atoms with Crippen molar-refractivity contribution in [3.05, 3.63) is 41.7 Å². The molecule has 0 saturated carbocycles. The van der Waals surface area contributed by atoms with Gasteiger partial charge in [-0.25, -0.2) is 0 Å². The summed E-state index contributed by atoms with van der Waals surface area (Å²) in [6.07, 6.45) is 1.62. The molecule has 0 atom stereocenters. The van der Waals surface area contributed by atoms with Gasteiger partial charge in [-0.2, -0.15) is 5.10 Å². The van der Waals surface area contributed by atoms with Gasteiger partial charge in [0.15, 0.2) is 0 Å². The highest BCUT2D eigenvalue weighted by Gasteiger charge is 2.13. The summed E-state index contributed by atoms with van der Waals surface area (Å²) in [4.78, 5) is 12.2. The summed E-state index contributed by atoms with van der Waals surface area (Å²) in [5.41, 5.74) is 2.25. The SMILES string of the molecule is CCn1nccc1C(=O)Nc1cc(C)ccc1OC. The Morgan fingerprint density at radius 1 is 1.42 bits per heavy atom. The molecule has 1 amide bonds. The van der Waals surface area contributed by atoms with Gasteiger partial charge < -0.3 is 10.1 Å². The molecule has 5 nitrogen and oxygen atoms in total. The van der Waals surface area contributed by atoms with Crippen LogP contribution >= 0.6 is 0 Å². The van der Waals surface area contributed by atoms with Crippen LogP contribution in [0.25, 0.3) is 0 Å². The fourth-order valence-corrected chi connectivity index (χ4v) is 1.88. The number of amides is 1. The lowest BCUT2D eigenvalue weighted by Gasteiger charge is -2.11. The number of carbonyl (C=O) groups is 1. The van der Waals surface area contributed by atoms with Crippen molar-refractivity contribution in [1.29, 1.82) is 0 Å². The van der Waals surface area contributed by atoms with E-state index in [0.717, 1.165) is 5.56 Å². The van der Waals surface area contributed by atoms with Crippen molar-refractivity contribution in [3.63, 3.8) is 0 Å². The molecule has 1 aromatic heterocycles. The summed E-state index contributed by atoms with van der Waals surface area (Å²) in [7, 11) is 1.58. The van der Waals surface area contributed by atoms with Crippen molar-refractivity contribution in [1.82, 2.24) is 9.78 Å². The molecule has 0 bridgehead atoms. The molecule has 0 aliphatic rings. The fourth-order valence-electron chi connectivity index (χ4n) is 1.88. The number of methoxy groups -OCH3 is 1. The van der Waals surface area contributed by atoms with Crippen molar-refractivity contribution in [2.24, 2.45) is 0 Å². The van der Waals surface area contributed by atoms with E-state index in [1.54, 1.807) is 24.1 Å². The highest BCUT2D eigenvalue weighted by Crippen LogP contribution is 2.25. The molecule has 0 saturated heterocycles. The molecule has 100 valence electrons. The second-order valence-electron chi connectivity index (χ2n) is 4.19. The van der Waals surface area contributed by atoms with E-state index in [2.05, 4.69) is 10.4 Å². The number of nitrogens with one attached hydrogen (secondary N) is 1. The number of aromatic nitrogens is 2. The first-order valence-electron chi connectivity index (χ1n) is 6.13. The zero-order valence-corrected chi connectivity index (χ0v) is 11.3. The lowest BCUT2D eigenvalue weighted by atomic mass is 10.2. The second-order valence-corrected chi connectivity index (χ2v) is 4.19. The van der Waals surface area contributed by atoms with Crippen molar-refractivity contribution in [2.75, 3.05) is 12.4 Å². The molecular formula is C14H17N3O2. The van der Waals surface area contributed by atoms with Gasteiger partial charge in [-0.15, -0.1) is 0 Å².